The largest absolute Gasteiger partial charge is 0.329 e. The van der Waals surface area contributed by atoms with Gasteiger partial charge in [0.15, 0.2) is 5.78 Å². The number of amides is 1. The van der Waals surface area contributed by atoms with Crippen LogP contribution in [0.3, 0.4) is 0 Å². The number of rotatable bonds is 5. The average molecular weight is 411 g/mol. The maximum absolute atomic E-state index is 13.2. The number of pyridine rings is 2. The molecule has 4 rings (SSSR count). The molecule has 9 nitrogen and oxygen atoms in total. The van der Waals surface area contributed by atoms with Crippen LogP contribution in [0.25, 0.3) is 11.0 Å². The molecule has 4 aromatic rings. The van der Waals surface area contributed by atoms with Gasteiger partial charge in [0.1, 0.15) is 23.7 Å². The van der Waals surface area contributed by atoms with Crippen molar-refractivity contribution in [3.05, 3.63) is 77.9 Å². The zero-order chi connectivity index (χ0) is 22.0. The third-order valence-corrected chi connectivity index (χ3v) is 4.69. The van der Waals surface area contributed by atoms with Gasteiger partial charge in [-0.25, -0.2) is 15.0 Å². The van der Waals surface area contributed by atoms with Crippen LogP contribution in [0.5, 0.6) is 0 Å². The lowest BCUT2D eigenvalue weighted by Gasteiger charge is -2.07. The zero-order valence-corrected chi connectivity index (χ0v) is 16.8. The number of hydrogen-bond donors (Lipinski definition) is 1. The van der Waals surface area contributed by atoms with Crippen molar-refractivity contribution in [2.24, 2.45) is 0 Å². The highest BCUT2D eigenvalue weighted by Gasteiger charge is 2.20. The summed E-state index contributed by atoms with van der Waals surface area (Å²) in [5, 5.41) is 12.2. The van der Waals surface area contributed by atoms with E-state index in [0.29, 0.717) is 27.8 Å². The predicted octanol–water partition coefficient (Wildman–Crippen LogP) is 3.16. The second kappa shape index (κ2) is 8.12. The Morgan fingerprint density at radius 3 is 2.61 bits per heavy atom. The molecule has 9 heteroatoms. The first kappa shape index (κ1) is 19.8. The first-order valence-corrected chi connectivity index (χ1v) is 9.45. The minimum atomic E-state index is -0.423. The van der Waals surface area contributed by atoms with Crippen molar-refractivity contribution in [3.8, 4) is 6.07 Å². The number of nitrogens with zero attached hydrogens (tertiary/aromatic N) is 6. The van der Waals surface area contributed by atoms with Crippen LogP contribution in [0.1, 0.15) is 51.9 Å². The third-order valence-electron chi connectivity index (χ3n) is 4.69. The van der Waals surface area contributed by atoms with Crippen molar-refractivity contribution < 1.29 is 9.59 Å². The van der Waals surface area contributed by atoms with Gasteiger partial charge in [-0.05, 0) is 32.0 Å². The molecule has 0 aliphatic heterocycles. The van der Waals surface area contributed by atoms with Crippen LogP contribution in [0, 0.1) is 11.3 Å². The zero-order valence-electron chi connectivity index (χ0n) is 16.8. The van der Waals surface area contributed by atoms with Gasteiger partial charge >= 0.3 is 0 Å². The van der Waals surface area contributed by atoms with E-state index in [1.165, 1.54) is 37.1 Å². The second-order valence-corrected chi connectivity index (χ2v) is 7.09. The third kappa shape index (κ3) is 3.86. The molecule has 0 aromatic carbocycles. The monoisotopic (exact) mass is 411 g/mol. The normalized spacial score (nSPS) is 10.8. The van der Waals surface area contributed by atoms with Gasteiger partial charge in [0, 0.05) is 41.8 Å². The summed E-state index contributed by atoms with van der Waals surface area (Å²) < 4.78 is 1.92. The van der Waals surface area contributed by atoms with Gasteiger partial charge in [0.05, 0.1) is 23.0 Å². The van der Waals surface area contributed by atoms with E-state index in [2.05, 4.69) is 25.3 Å². The van der Waals surface area contributed by atoms with Crippen LogP contribution in [0.2, 0.25) is 0 Å². The Balaban J connectivity index is 1.63. The van der Waals surface area contributed by atoms with E-state index in [1.54, 1.807) is 18.5 Å². The molecule has 0 aliphatic carbocycles. The number of carbonyl (C=O) groups is 2. The van der Waals surface area contributed by atoms with Crippen LogP contribution < -0.4 is 5.32 Å². The van der Waals surface area contributed by atoms with Crippen LogP contribution in [0.4, 0.5) is 5.69 Å². The maximum Gasteiger partial charge on any atom is 0.257 e. The molecular weight excluding hydrogens is 394 g/mol. The molecule has 0 saturated heterocycles. The number of hydrogen-bond acceptors (Lipinski definition) is 7. The molecule has 0 atom stereocenters. The fourth-order valence-corrected chi connectivity index (χ4v) is 3.15. The lowest BCUT2D eigenvalue weighted by Crippen LogP contribution is -2.13. The smallest absolute Gasteiger partial charge is 0.257 e. The summed E-state index contributed by atoms with van der Waals surface area (Å²) in [5.41, 5.74) is 2.33. The first-order chi connectivity index (χ1) is 15.0. The number of nitrogens with one attached hydrogen (secondary N) is 1. The summed E-state index contributed by atoms with van der Waals surface area (Å²) >= 11 is 0. The quantitative estimate of drug-likeness (QED) is 0.500. The van der Waals surface area contributed by atoms with Gasteiger partial charge in [0.25, 0.3) is 5.91 Å². The topological polar surface area (TPSA) is 126 Å². The minimum absolute atomic E-state index is 0.115. The van der Waals surface area contributed by atoms with E-state index in [4.69, 9.17) is 5.26 Å². The molecule has 1 amide bonds. The number of nitriles is 1. The van der Waals surface area contributed by atoms with E-state index in [0.717, 1.165) is 0 Å². The Bertz CT molecular complexity index is 1330. The Labute approximate surface area is 177 Å². The Morgan fingerprint density at radius 2 is 1.90 bits per heavy atom. The molecule has 4 heterocycles. The molecule has 0 bridgehead atoms. The Morgan fingerprint density at radius 1 is 1.06 bits per heavy atom. The van der Waals surface area contributed by atoms with E-state index >= 15 is 0 Å². The number of aromatic nitrogens is 5. The first-order valence-electron chi connectivity index (χ1n) is 9.45. The van der Waals surface area contributed by atoms with Gasteiger partial charge in [0.2, 0.25) is 0 Å². The maximum atomic E-state index is 13.2. The lowest BCUT2D eigenvalue weighted by atomic mass is 10.1. The lowest BCUT2D eigenvalue weighted by molar-refractivity contribution is 0.102. The van der Waals surface area contributed by atoms with Crippen LogP contribution >= 0.6 is 0 Å². The SMILES string of the molecule is CC(C)n1cc(C(=O)c2cncc(NC(=O)c3ccc(C#N)nc3)c2)c2cncnc21. The summed E-state index contributed by atoms with van der Waals surface area (Å²) in [4.78, 5) is 42.0. The van der Waals surface area contributed by atoms with Gasteiger partial charge in [-0.1, -0.05) is 0 Å². The molecule has 0 radical (unpaired) electrons. The highest BCUT2D eigenvalue weighted by atomic mass is 16.1. The summed E-state index contributed by atoms with van der Waals surface area (Å²) in [6.45, 7) is 4.01. The number of ketones is 1. The number of fused-ring (bicyclic) bond motifs is 1. The van der Waals surface area contributed by atoms with Crippen molar-refractivity contribution in [2.45, 2.75) is 19.9 Å². The predicted molar refractivity (Wildman–Crippen MR) is 112 cm³/mol. The van der Waals surface area contributed by atoms with Gasteiger partial charge in [-0.15, -0.1) is 0 Å². The van der Waals surface area contributed by atoms with E-state index in [1.807, 2.05) is 24.5 Å². The highest BCUT2D eigenvalue weighted by Crippen LogP contribution is 2.25. The molecular formula is C22H17N7O2. The van der Waals surface area contributed by atoms with E-state index in [-0.39, 0.29) is 23.1 Å². The van der Waals surface area contributed by atoms with Crippen molar-refractivity contribution in [2.75, 3.05) is 5.32 Å². The standard InChI is InChI=1S/C22H17N7O2/c1-13(2)29-11-19(18-10-25-12-27-21(18)29)20(30)15-5-17(9-24-7-15)28-22(31)14-3-4-16(6-23)26-8-14/h3-5,7-13H,1-2H3,(H,28,31). The fraction of sp³-hybridized carbons (Fsp3) is 0.136. The second-order valence-electron chi connectivity index (χ2n) is 7.09. The van der Waals surface area contributed by atoms with Crippen LogP contribution in [-0.2, 0) is 0 Å². The molecule has 0 unspecified atom stereocenters. The van der Waals surface area contributed by atoms with Crippen molar-refractivity contribution in [1.29, 1.82) is 5.26 Å². The highest BCUT2D eigenvalue weighted by molar-refractivity contribution is 6.16. The molecule has 0 saturated carbocycles. The average Bonchev–Trinajstić information content (AvgIpc) is 3.19. The van der Waals surface area contributed by atoms with Crippen molar-refractivity contribution >= 4 is 28.4 Å². The van der Waals surface area contributed by atoms with Crippen LogP contribution in [-0.4, -0.2) is 36.2 Å². The molecule has 1 N–H and O–H groups in total. The molecule has 0 fully saturated rings. The Hall–Kier alpha value is -4.45. The molecule has 31 heavy (non-hydrogen) atoms. The van der Waals surface area contributed by atoms with Gasteiger partial charge in [-0.3, -0.25) is 14.6 Å². The van der Waals surface area contributed by atoms with Crippen molar-refractivity contribution in [3.63, 3.8) is 0 Å². The van der Waals surface area contributed by atoms with Gasteiger partial charge < -0.3 is 9.88 Å². The number of anilines is 1. The molecule has 152 valence electrons. The van der Waals surface area contributed by atoms with Crippen LogP contribution in [0.15, 0.2) is 55.5 Å². The summed E-state index contributed by atoms with van der Waals surface area (Å²) in [6.07, 6.45) is 9.05. The fourth-order valence-electron chi connectivity index (χ4n) is 3.15. The van der Waals surface area contributed by atoms with E-state index < -0.39 is 5.91 Å². The summed E-state index contributed by atoms with van der Waals surface area (Å²) in [7, 11) is 0. The number of carbonyl (C=O) groups excluding carboxylic acids is 2. The molecule has 0 spiro atoms. The summed E-state index contributed by atoms with van der Waals surface area (Å²) in [6, 6.07) is 6.54. The Kier molecular flexibility index (Phi) is 5.20. The summed E-state index contributed by atoms with van der Waals surface area (Å²) in [5.74, 6) is -0.670. The van der Waals surface area contributed by atoms with Gasteiger partial charge in [-0.2, -0.15) is 5.26 Å². The molecule has 0 aliphatic rings. The van der Waals surface area contributed by atoms with E-state index in [9.17, 15) is 9.59 Å². The minimum Gasteiger partial charge on any atom is -0.329 e. The van der Waals surface area contributed by atoms with Crippen molar-refractivity contribution in [1.82, 2.24) is 24.5 Å². The molecule has 4 aromatic heterocycles.